The summed E-state index contributed by atoms with van der Waals surface area (Å²) in [6.45, 7) is 2.01. The molecule has 3 N–H and O–H groups in total. The molecule has 0 unspecified atom stereocenters. The smallest absolute Gasteiger partial charge is 0.338 e. The Kier molecular flexibility index (Phi) is 7.46. The zero-order chi connectivity index (χ0) is 17.4. The Morgan fingerprint density at radius 2 is 2.00 bits per heavy atom. The Morgan fingerprint density at radius 1 is 1.30 bits per heavy atom. The van der Waals surface area contributed by atoms with Gasteiger partial charge < -0.3 is 10.4 Å². The van der Waals surface area contributed by atoms with Crippen molar-refractivity contribution >= 4 is 39.5 Å². The van der Waals surface area contributed by atoms with Gasteiger partial charge >= 0.3 is 12.0 Å². The molecule has 0 aliphatic rings. The van der Waals surface area contributed by atoms with Gasteiger partial charge in [-0.25, -0.2) is 14.6 Å². The third-order valence-electron chi connectivity index (χ3n) is 2.72. The normalized spacial score (nSPS) is 10.0. The molecule has 0 spiro atoms. The van der Waals surface area contributed by atoms with Crippen molar-refractivity contribution < 1.29 is 23.9 Å². The van der Waals surface area contributed by atoms with Crippen molar-refractivity contribution in [2.24, 2.45) is 0 Å². The molecule has 9 heteroatoms. The number of benzene rings is 1. The number of hydrazine groups is 1. The molecular weight excluding hydrogens is 373 g/mol. The van der Waals surface area contributed by atoms with Crippen LogP contribution in [0.25, 0.3) is 0 Å². The Balaban J connectivity index is 2.66. The van der Waals surface area contributed by atoms with Gasteiger partial charge in [-0.15, -0.1) is 0 Å². The van der Waals surface area contributed by atoms with Gasteiger partial charge in [-0.3, -0.25) is 14.6 Å². The fourth-order valence-corrected chi connectivity index (χ4v) is 2.01. The van der Waals surface area contributed by atoms with Gasteiger partial charge in [-0.2, -0.15) is 0 Å². The molecule has 0 heterocycles. The predicted molar refractivity (Wildman–Crippen MR) is 85.1 cm³/mol. The van der Waals surface area contributed by atoms with E-state index in [1.54, 1.807) is 13.0 Å². The average Bonchev–Trinajstić information content (AvgIpc) is 2.47. The summed E-state index contributed by atoms with van der Waals surface area (Å²) in [6, 6.07) is 3.33. The minimum Gasteiger partial charge on any atom is -0.481 e. The number of rotatable bonds is 6. The Hall–Kier alpha value is -2.16. The highest BCUT2D eigenvalue weighted by atomic mass is 79.9. The van der Waals surface area contributed by atoms with Crippen LogP contribution in [0.4, 0.5) is 14.9 Å². The van der Waals surface area contributed by atoms with E-state index >= 15 is 0 Å². The fourth-order valence-electron chi connectivity index (χ4n) is 1.68. The van der Waals surface area contributed by atoms with Crippen molar-refractivity contribution in [3.05, 3.63) is 28.5 Å². The minimum absolute atomic E-state index is 0.0415. The molecule has 7 nitrogen and oxygen atoms in total. The van der Waals surface area contributed by atoms with Crippen LogP contribution in [-0.4, -0.2) is 34.6 Å². The highest BCUT2D eigenvalue weighted by Crippen LogP contribution is 2.19. The van der Waals surface area contributed by atoms with Crippen LogP contribution in [0.1, 0.15) is 26.2 Å². The van der Waals surface area contributed by atoms with E-state index in [1.807, 2.05) is 0 Å². The molecule has 0 saturated heterocycles. The maximum absolute atomic E-state index is 13.6. The van der Waals surface area contributed by atoms with E-state index < -0.39 is 23.7 Å². The molecule has 1 rings (SSSR count). The Labute approximate surface area is 140 Å². The van der Waals surface area contributed by atoms with Crippen molar-refractivity contribution in [2.45, 2.75) is 26.2 Å². The van der Waals surface area contributed by atoms with Crippen LogP contribution in [0.15, 0.2) is 22.7 Å². The molecular formula is C14H17BrFN3O4. The average molecular weight is 390 g/mol. The molecule has 0 fully saturated rings. The molecule has 0 bridgehead atoms. The molecule has 0 aliphatic heterocycles. The summed E-state index contributed by atoms with van der Waals surface area (Å²) in [5, 5.41) is 11.9. The summed E-state index contributed by atoms with van der Waals surface area (Å²) in [5.41, 5.74) is 2.25. The van der Waals surface area contributed by atoms with Crippen LogP contribution in [0.5, 0.6) is 0 Å². The van der Waals surface area contributed by atoms with E-state index in [2.05, 4.69) is 26.7 Å². The third-order valence-corrected chi connectivity index (χ3v) is 3.21. The standard InChI is InChI=1S/C14H17BrFN3O4/c1-2-7-19(12(20)5-6-13(21)22)18-14(23)17-11-4-3-9(15)8-10(11)16/h3-4,8H,2,5-7H2,1H3,(H,21,22)(H2,17,18,23). The van der Waals surface area contributed by atoms with Crippen LogP contribution < -0.4 is 10.7 Å². The Morgan fingerprint density at radius 3 is 2.57 bits per heavy atom. The number of aliphatic carboxylic acids is 1. The lowest BCUT2D eigenvalue weighted by Crippen LogP contribution is -2.48. The molecule has 3 amide bonds. The first kappa shape index (κ1) is 18.9. The number of amides is 3. The first-order valence-corrected chi connectivity index (χ1v) is 7.67. The summed E-state index contributed by atoms with van der Waals surface area (Å²) in [4.78, 5) is 34.2. The van der Waals surface area contributed by atoms with Crippen molar-refractivity contribution in [2.75, 3.05) is 11.9 Å². The van der Waals surface area contributed by atoms with E-state index in [-0.39, 0.29) is 25.1 Å². The van der Waals surface area contributed by atoms with E-state index in [0.717, 1.165) is 5.01 Å². The number of carboxylic acid groups (broad SMARTS) is 1. The van der Waals surface area contributed by atoms with Gasteiger partial charge in [0.2, 0.25) is 5.91 Å². The number of nitrogens with one attached hydrogen (secondary N) is 2. The highest BCUT2D eigenvalue weighted by molar-refractivity contribution is 9.10. The zero-order valence-corrected chi connectivity index (χ0v) is 14.0. The van der Waals surface area contributed by atoms with Gasteiger partial charge in [0.1, 0.15) is 5.82 Å². The number of urea groups is 1. The van der Waals surface area contributed by atoms with Gasteiger partial charge in [0.25, 0.3) is 0 Å². The van der Waals surface area contributed by atoms with Crippen LogP contribution in [0.3, 0.4) is 0 Å². The number of nitrogens with zero attached hydrogens (tertiary/aromatic N) is 1. The second-order valence-corrected chi connectivity index (χ2v) is 5.54. The number of anilines is 1. The molecule has 1 aromatic carbocycles. The van der Waals surface area contributed by atoms with Crippen LogP contribution >= 0.6 is 15.9 Å². The van der Waals surface area contributed by atoms with Crippen LogP contribution in [0, 0.1) is 5.82 Å². The number of hydrogen-bond acceptors (Lipinski definition) is 3. The molecule has 0 radical (unpaired) electrons. The monoisotopic (exact) mass is 389 g/mol. The van der Waals surface area contributed by atoms with Gasteiger partial charge in [0.05, 0.1) is 12.1 Å². The number of halogens is 2. The van der Waals surface area contributed by atoms with Crippen molar-refractivity contribution in [1.82, 2.24) is 10.4 Å². The number of carbonyl (C=O) groups excluding carboxylic acids is 2. The molecule has 0 aromatic heterocycles. The van der Waals surface area contributed by atoms with E-state index in [1.165, 1.54) is 12.1 Å². The number of hydrogen-bond donors (Lipinski definition) is 3. The first-order chi connectivity index (χ1) is 10.8. The Bertz CT molecular complexity index is 597. The molecule has 0 saturated carbocycles. The zero-order valence-electron chi connectivity index (χ0n) is 12.4. The number of carboxylic acids is 1. The van der Waals surface area contributed by atoms with Gasteiger partial charge in [-0.1, -0.05) is 22.9 Å². The largest absolute Gasteiger partial charge is 0.481 e. The lowest BCUT2D eigenvalue weighted by molar-refractivity contribution is -0.141. The van der Waals surface area contributed by atoms with E-state index in [0.29, 0.717) is 10.9 Å². The first-order valence-electron chi connectivity index (χ1n) is 6.88. The molecule has 0 aliphatic carbocycles. The lowest BCUT2D eigenvalue weighted by Gasteiger charge is -2.22. The molecule has 1 aromatic rings. The SMILES string of the molecule is CCCN(NC(=O)Nc1ccc(Br)cc1F)C(=O)CCC(=O)O. The summed E-state index contributed by atoms with van der Waals surface area (Å²) in [7, 11) is 0. The topological polar surface area (TPSA) is 98.7 Å². The third kappa shape index (κ3) is 6.64. The summed E-state index contributed by atoms with van der Waals surface area (Å²) in [6.07, 6.45) is -0.00230. The summed E-state index contributed by atoms with van der Waals surface area (Å²) in [5.74, 6) is -2.26. The van der Waals surface area contributed by atoms with Crippen molar-refractivity contribution in [3.63, 3.8) is 0 Å². The van der Waals surface area contributed by atoms with Gasteiger partial charge in [0.15, 0.2) is 0 Å². The molecule has 0 atom stereocenters. The lowest BCUT2D eigenvalue weighted by atomic mass is 10.3. The van der Waals surface area contributed by atoms with Gasteiger partial charge in [-0.05, 0) is 24.6 Å². The van der Waals surface area contributed by atoms with Gasteiger partial charge in [0, 0.05) is 17.4 Å². The van der Waals surface area contributed by atoms with Crippen LogP contribution in [-0.2, 0) is 9.59 Å². The maximum atomic E-state index is 13.6. The van der Waals surface area contributed by atoms with Crippen molar-refractivity contribution in [3.8, 4) is 0 Å². The van der Waals surface area contributed by atoms with Crippen molar-refractivity contribution in [1.29, 1.82) is 0 Å². The number of carbonyl (C=O) groups is 3. The maximum Gasteiger partial charge on any atom is 0.338 e. The second kappa shape index (κ2) is 9.09. The quantitative estimate of drug-likeness (QED) is 0.651. The van der Waals surface area contributed by atoms with E-state index in [4.69, 9.17) is 5.11 Å². The second-order valence-electron chi connectivity index (χ2n) is 4.63. The molecule has 126 valence electrons. The summed E-state index contributed by atoms with van der Waals surface area (Å²) >= 11 is 3.10. The van der Waals surface area contributed by atoms with E-state index in [9.17, 15) is 18.8 Å². The highest BCUT2D eigenvalue weighted by Gasteiger charge is 2.17. The van der Waals surface area contributed by atoms with Crippen LogP contribution in [0.2, 0.25) is 0 Å². The molecule has 23 heavy (non-hydrogen) atoms. The predicted octanol–water partition coefficient (Wildman–Crippen LogP) is 2.73. The minimum atomic E-state index is -1.10. The summed E-state index contributed by atoms with van der Waals surface area (Å²) < 4.78 is 14.2. The fraction of sp³-hybridized carbons (Fsp3) is 0.357.